The summed E-state index contributed by atoms with van der Waals surface area (Å²) in [5.74, 6) is -0.00125. The first-order valence-corrected chi connectivity index (χ1v) is 10.3. The number of rotatable bonds is 5. The molecular weight excluding hydrogens is 356 g/mol. The molecule has 0 aliphatic carbocycles. The molecule has 1 unspecified atom stereocenters. The Balaban J connectivity index is 1.54. The number of hydrogen-bond acceptors (Lipinski definition) is 4. The fourth-order valence-electron chi connectivity index (χ4n) is 3.88. The molecule has 3 aromatic rings. The summed E-state index contributed by atoms with van der Waals surface area (Å²) in [6.45, 7) is 4.15. The topological polar surface area (TPSA) is 56.3 Å². The SMILES string of the molecule is CC(c1ccc2c(c1)CCCN2CCc1ccccc1)c1sc(=O)[nH]c1O. The van der Waals surface area contributed by atoms with Gasteiger partial charge in [-0.1, -0.05) is 60.7 Å². The van der Waals surface area contributed by atoms with Crippen molar-refractivity contribution in [3.63, 3.8) is 0 Å². The molecule has 4 rings (SSSR count). The quantitative estimate of drug-likeness (QED) is 0.694. The van der Waals surface area contributed by atoms with Crippen LogP contribution in [0.15, 0.2) is 53.3 Å². The van der Waals surface area contributed by atoms with Gasteiger partial charge >= 0.3 is 4.87 Å². The molecular formula is C22H24N2O2S. The molecule has 2 aromatic carbocycles. The number of hydrogen-bond donors (Lipinski definition) is 2. The standard InChI is InChI=1S/C22H24N2O2S/c1-15(20-21(25)23-22(26)27-20)17-9-10-19-18(14-17)8-5-12-24(19)13-11-16-6-3-2-4-7-16/h2-4,6-7,9-10,14-15,25H,5,8,11-13H2,1H3,(H,23,26). The number of aryl methyl sites for hydroxylation is 1. The number of aromatic nitrogens is 1. The van der Waals surface area contributed by atoms with Crippen LogP contribution in [0.25, 0.3) is 0 Å². The van der Waals surface area contributed by atoms with Gasteiger partial charge in [0.1, 0.15) is 0 Å². The lowest BCUT2D eigenvalue weighted by Crippen LogP contribution is -2.31. The predicted octanol–water partition coefficient (Wildman–Crippen LogP) is 4.29. The number of nitrogens with zero attached hydrogens (tertiary/aromatic N) is 1. The highest BCUT2D eigenvalue weighted by Crippen LogP contribution is 2.35. The van der Waals surface area contributed by atoms with Gasteiger partial charge < -0.3 is 10.0 Å². The third kappa shape index (κ3) is 3.78. The third-order valence-electron chi connectivity index (χ3n) is 5.38. The molecule has 5 heteroatoms. The Labute approximate surface area is 163 Å². The van der Waals surface area contributed by atoms with Crippen molar-refractivity contribution in [1.29, 1.82) is 0 Å². The maximum Gasteiger partial charge on any atom is 0.307 e. The fraction of sp³-hybridized carbons (Fsp3) is 0.318. The Morgan fingerprint density at radius 1 is 1.22 bits per heavy atom. The highest BCUT2D eigenvalue weighted by atomic mass is 32.1. The summed E-state index contributed by atoms with van der Waals surface area (Å²) in [7, 11) is 0. The molecule has 1 atom stereocenters. The number of aromatic amines is 1. The Kier molecular flexibility index (Phi) is 5.03. The van der Waals surface area contributed by atoms with E-state index in [1.165, 1.54) is 16.8 Å². The maximum atomic E-state index is 11.5. The average molecular weight is 381 g/mol. The summed E-state index contributed by atoms with van der Waals surface area (Å²) in [4.78, 5) is 17.0. The van der Waals surface area contributed by atoms with Gasteiger partial charge in [0, 0.05) is 24.7 Å². The van der Waals surface area contributed by atoms with Gasteiger partial charge in [-0.15, -0.1) is 0 Å². The summed E-state index contributed by atoms with van der Waals surface area (Å²) in [5, 5.41) is 9.97. The molecule has 27 heavy (non-hydrogen) atoms. The number of nitrogens with one attached hydrogen (secondary N) is 1. The van der Waals surface area contributed by atoms with Crippen molar-refractivity contribution >= 4 is 17.0 Å². The number of benzene rings is 2. The van der Waals surface area contributed by atoms with Crippen molar-refractivity contribution in [3.8, 4) is 5.88 Å². The van der Waals surface area contributed by atoms with Gasteiger partial charge in [0.15, 0.2) is 0 Å². The van der Waals surface area contributed by atoms with Crippen molar-refractivity contribution < 1.29 is 5.11 Å². The van der Waals surface area contributed by atoms with E-state index in [9.17, 15) is 9.90 Å². The molecule has 2 N–H and O–H groups in total. The highest BCUT2D eigenvalue weighted by Gasteiger charge is 2.21. The van der Waals surface area contributed by atoms with Crippen molar-refractivity contribution in [1.82, 2.24) is 4.98 Å². The molecule has 0 fully saturated rings. The van der Waals surface area contributed by atoms with Crippen LogP contribution in [0, 0.1) is 0 Å². The number of anilines is 1. The first kappa shape index (κ1) is 17.9. The van der Waals surface area contributed by atoms with Gasteiger partial charge in [0.2, 0.25) is 5.88 Å². The second-order valence-corrected chi connectivity index (χ2v) is 8.18. The second kappa shape index (κ2) is 7.61. The van der Waals surface area contributed by atoms with Crippen LogP contribution in [0.4, 0.5) is 5.69 Å². The highest BCUT2D eigenvalue weighted by molar-refractivity contribution is 7.09. The fourth-order valence-corrected chi connectivity index (χ4v) is 4.69. The van der Waals surface area contributed by atoms with Gasteiger partial charge in [0.25, 0.3) is 0 Å². The smallest absolute Gasteiger partial charge is 0.307 e. The van der Waals surface area contributed by atoms with E-state index in [1.54, 1.807) is 0 Å². The molecule has 1 aliphatic rings. The molecule has 2 heterocycles. The Hall–Kier alpha value is -2.53. The zero-order chi connectivity index (χ0) is 18.8. The molecule has 0 bridgehead atoms. The summed E-state index contributed by atoms with van der Waals surface area (Å²) < 4.78 is 0. The van der Waals surface area contributed by atoms with E-state index in [2.05, 4.69) is 58.4 Å². The van der Waals surface area contributed by atoms with Crippen LogP contribution in [-0.2, 0) is 12.8 Å². The van der Waals surface area contributed by atoms with E-state index >= 15 is 0 Å². The first-order chi connectivity index (χ1) is 13.1. The molecule has 0 amide bonds. The van der Waals surface area contributed by atoms with Crippen molar-refractivity contribution in [2.24, 2.45) is 0 Å². The zero-order valence-corrected chi connectivity index (χ0v) is 16.3. The van der Waals surface area contributed by atoms with E-state index in [4.69, 9.17) is 0 Å². The number of aromatic hydroxyl groups is 1. The molecule has 0 saturated heterocycles. The van der Waals surface area contributed by atoms with Crippen LogP contribution in [0.1, 0.15) is 40.8 Å². The van der Waals surface area contributed by atoms with Crippen LogP contribution in [0.3, 0.4) is 0 Å². The van der Waals surface area contributed by atoms with Crippen molar-refractivity contribution in [2.45, 2.75) is 32.1 Å². The van der Waals surface area contributed by atoms with E-state index in [1.807, 2.05) is 6.92 Å². The average Bonchev–Trinajstić information content (AvgIpc) is 3.04. The summed E-state index contributed by atoms with van der Waals surface area (Å²) in [6, 6.07) is 17.2. The normalized spacial score (nSPS) is 14.8. The minimum absolute atomic E-state index is 0.000270. The number of fused-ring (bicyclic) bond motifs is 1. The van der Waals surface area contributed by atoms with E-state index in [0.717, 1.165) is 49.3 Å². The Morgan fingerprint density at radius 2 is 2.04 bits per heavy atom. The van der Waals surface area contributed by atoms with Gasteiger partial charge in [-0.25, -0.2) is 0 Å². The Morgan fingerprint density at radius 3 is 2.78 bits per heavy atom. The lowest BCUT2D eigenvalue weighted by Gasteiger charge is -2.32. The van der Waals surface area contributed by atoms with Gasteiger partial charge in [0.05, 0.1) is 4.88 Å². The zero-order valence-electron chi connectivity index (χ0n) is 15.4. The lowest BCUT2D eigenvalue weighted by molar-refractivity contribution is 0.448. The predicted molar refractivity (Wildman–Crippen MR) is 111 cm³/mol. The molecule has 0 spiro atoms. The summed E-state index contributed by atoms with van der Waals surface area (Å²) >= 11 is 1.09. The van der Waals surface area contributed by atoms with Crippen molar-refractivity contribution in [3.05, 3.63) is 79.8 Å². The molecule has 0 radical (unpaired) electrons. The third-order valence-corrected chi connectivity index (χ3v) is 6.44. The number of thiazole rings is 1. The van der Waals surface area contributed by atoms with Crippen LogP contribution in [-0.4, -0.2) is 23.2 Å². The lowest BCUT2D eigenvalue weighted by atomic mass is 9.93. The van der Waals surface area contributed by atoms with Gasteiger partial charge in [-0.2, -0.15) is 0 Å². The minimum Gasteiger partial charge on any atom is -0.494 e. The van der Waals surface area contributed by atoms with Crippen LogP contribution >= 0.6 is 11.3 Å². The molecule has 140 valence electrons. The minimum atomic E-state index is -0.209. The van der Waals surface area contributed by atoms with Crippen LogP contribution in [0.5, 0.6) is 5.88 Å². The van der Waals surface area contributed by atoms with E-state index in [0.29, 0.717) is 4.88 Å². The van der Waals surface area contributed by atoms with E-state index < -0.39 is 0 Å². The summed E-state index contributed by atoms with van der Waals surface area (Å²) in [5.41, 5.74) is 5.19. The summed E-state index contributed by atoms with van der Waals surface area (Å²) in [6.07, 6.45) is 3.28. The maximum absolute atomic E-state index is 11.5. The van der Waals surface area contributed by atoms with Crippen molar-refractivity contribution in [2.75, 3.05) is 18.0 Å². The van der Waals surface area contributed by atoms with Gasteiger partial charge in [-0.05, 0) is 42.0 Å². The molecule has 1 aromatic heterocycles. The van der Waals surface area contributed by atoms with Crippen LogP contribution < -0.4 is 9.77 Å². The van der Waals surface area contributed by atoms with Crippen LogP contribution in [0.2, 0.25) is 0 Å². The largest absolute Gasteiger partial charge is 0.494 e. The molecule has 0 saturated carbocycles. The second-order valence-electron chi connectivity index (χ2n) is 7.16. The molecule has 4 nitrogen and oxygen atoms in total. The van der Waals surface area contributed by atoms with E-state index in [-0.39, 0.29) is 16.7 Å². The first-order valence-electron chi connectivity index (χ1n) is 9.45. The number of H-pyrrole nitrogens is 1. The Bertz CT molecular complexity index is 977. The monoisotopic (exact) mass is 380 g/mol. The van der Waals surface area contributed by atoms with Gasteiger partial charge in [-0.3, -0.25) is 9.78 Å². The molecule has 1 aliphatic heterocycles.